The van der Waals surface area contributed by atoms with Gasteiger partial charge in [-0.2, -0.15) is 0 Å². The largest absolute Gasteiger partial charge is 0.259 e. The molecule has 12 heavy (non-hydrogen) atoms. The van der Waals surface area contributed by atoms with Crippen LogP contribution in [0.5, 0.6) is 0 Å². The summed E-state index contributed by atoms with van der Waals surface area (Å²) in [5.74, 6) is 0. The van der Waals surface area contributed by atoms with Crippen molar-refractivity contribution in [2.24, 2.45) is 0 Å². The van der Waals surface area contributed by atoms with Gasteiger partial charge in [0.15, 0.2) is 0 Å². The highest BCUT2D eigenvalue weighted by Crippen LogP contribution is 2.22. The lowest BCUT2D eigenvalue weighted by Gasteiger charge is -2.07. The second kappa shape index (κ2) is 4.04. The molecule has 1 rings (SSSR count). The highest BCUT2D eigenvalue weighted by atomic mass is 16.6. The molecule has 0 bridgehead atoms. The molecule has 0 aromatic rings. The van der Waals surface area contributed by atoms with Crippen molar-refractivity contribution in [3.8, 4) is 0 Å². The molecule has 1 aliphatic rings. The summed E-state index contributed by atoms with van der Waals surface area (Å²) in [5, 5.41) is 10.6. The second-order valence-corrected chi connectivity index (χ2v) is 2.92. The Morgan fingerprint density at radius 2 is 2.42 bits per heavy atom. The van der Waals surface area contributed by atoms with E-state index in [0.717, 1.165) is 24.8 Å². The highest BCUT2D eigenvalue weighted by Gasteiger charge is 2.17. The van der Waals surface area contributed by atoms with Gasteiger partial charge in [-0.25, -0.2) is 0 Å². The third-order valence-corrected chi connectivity index (χ3v) is 1.98. The molecule has 0 aromatic heterocycles. The van der Waals surface area contributed by atoms with Crippen molar-refractivity contribution < 1.29 is 4.92 Å². The van der Waals surface area contributed by atoms with Gasteiger partial charge in [-0.05, 0) is 12.8 Å². The second-order valence-electron chi connectivity index (χ2n) is 2.92. The topological polar surface area (TPSA) is 43.1 Å². The van der Waals surface area contributed by atoms with E-state index in [1.807, 2.05) is 19.1 Å². The summed E-state index contributed by atoms with van der Waals surface area (Å²) in [5.41, 5.74) is 1.33. The molecule has 0 saturated carbocycles. The fourth-order valence-electron chi connectivity index (χ4n) is 1.41. The lowest BCUT2D eigenvalue weighted by Crippen LogP contribution is -2.04. The number of nitrogens with zero attached hydrogens (tertiary/aromatic N) is 1. The van der Waals surface area contributed by atoms with Gasteiger partial charge in [-0.3, -0.25) is 10.1 Å². The third-order valence-electron chi connectivity index (χ3n) is 1.98. The van der Waals surface area contributed by atoms with Crippen LogP contribution >= 0.6 is 0 Å². The van der Waals surface area contributed by atoms with E-state index in [0.29, 0.717) is 12.1 Å². The Balaban J connectivity index is 2.84. The van der Waals surface area contributed by atoms with Gasteiger partial charge < -0.3 is 0 Å². The van der Waals surface area contributed by atoms with Gasteiger partial charge in [0.05, 0.1) is 4.92 Å². The van der Waals surface area contributed by atoms with Gasteiger partial charge in [0.2, 0.25) is 5.70 Å². The maximum Gasteiger partial charge on any atom is 0.249 e. The van der Waals surface area contributed by atoms with E-state index in [9.17, 15) is 10.1 Å². The average Bonchev–Trinajstić information content (AvgIpc) is 2.05. The smallest absolute Gasteiger partial charge is 0.249 e. The van der Waals surface area contributed by atoms with Crippen molar-refractivity contribution in [1.29, 1.82) is 0 Å². The van der Waals surface area contributed by atoms with E-state index >= 15 is 0 Å². The molecule has 0 radical (unpaired) electrons. The van der Waals surface area contributed by atoms with Gasteiger partial charge in [0, 0.05) is 12.0 Å². The van der Waals surface area contributed by atoms with Crippen LogP contribution in [-0.4, -0.2) is 4.92 Å². The van der Waals surface area contributed by atoms with E-state index in [4.69, 9.17) is 0 Å². The molecule has 0 heterocycles. The summed E-state index contributed by atoms with van der Waals surface area (Å²) < 4.78 is 0. The molecule has 0 amide bonds. The first-order valence-corrected chi connectivity index (χ1v) is 4.28. The van der Waals surface area contributed by atoms with Crippen LogP contribution in [0.25, 0.3) is 0 Å². The molecule has 0 fully saturated rings. The van der Waals surface area contributed by atoms with E-state index < -0.39 is 0 Å². The number of nitro groups is 1. The van der Waals surface area contributed by atoms with Gasteiger partial charge in [-0.1, -0.05) is 25.5 Å². The van der Waals surface area contributed by atoms with Crippen molar-refractivity contribution in [3.63, 3.8) is 0 Å². The van der Waals surface area contributed by atoms with E-state index in [2.05, 4.69) is 0 Å². The predicted octanol–water partition coefficient (Wildman–Crippen LogP) is 2.67. The minimum absolute atomic E-state index is 0.242. The minimum atomic E-state index is -0.242. The van der Waals surface area contributed by atoms with Crippen molar-refractivity contribution in [2.45, 2.75) is 32.6 Å². The zero-order valence-corrected chi connectivity index (χ0v) is 7.25. The van der Waals surface area contributed by atoms with Crippen LogP contribution in [0.3, 0.4) is 0 Å². The molecule has 0 unspecified atom stereocenters. The summed E-state index contributed by atoms with van der Waals surface area (Å²) in [7, 11) is 0. The molecule has 0 N–H and O–H groups in total. The molecule has 0 aliphatic heterocycles. The normalized spacial score (nSPS) is 16.8. The molecule has 0 atom stereocenters. The van der Waals surface area contributed by atoms with E-state index in [1.54, 1.807) is 0 Å². The number of hydrogen-bond acceptors (Lipinski definition) is 2. The SMILES string of the molecule is CCCC1=C([N+](=O)[O-])CCC=C1. The van der Waals surface area contributed by atoms with E-state index in [1.165, 1.54) is 0 Å². The van der Waals surface area contributed by atoms with Crippen LogP contribution in [0.1, 0.15) is 32.6 Å². The van der Waals surface area contributed by atoms with Gasteiger partial charge >= 0.3 is 0 Å². The minimum Gasteiger partial charge on any atom is -0.259 e. The third kappa shape index (κ3) is 1.94. The Labute approximate surface area is 71.9 Å². The zero-order chi connectivity index (χ0) is 8.97. The maximum absolute atomic E-state index is 10.6. The monoisotopic (exact) mass is 167 g/mol. The Morgan fingerprint density at radius 3 is 3.00 bits per heavy atom. The lowest BCUT2D eigenvalue weighted by molar-refractivity contribution is -0.429. The maximum atomic E-state index is 10.6. The fraction of sp³-hybridized carbons (Fsp3) is 0.556. The average molecular weight is 167 g/mol. The Hall–Kier alpha value is -1.12. The van der Waals surface area contributed by atoms with Gasteiger partial charge in [0.1, 0.15) is 0 Å². The lowest BCUT2D eigenvalue weighted by atomic mass is 10.00. The van der Waals surface area contributed by atoms with Gasteiger partial charge in [-0.15, -0.1) is 0 Å². The molecule has 1 aliphatic carbocycles. The van der Waals surface area contributed by atoms with Crippen LogP contribution in [0.15, 0.2) is 23.4 Å². The molecule has 66 valence electrons. The first-order valence-electron chi connectivity index (χ1n) is 4.28. The Kier molecular flexibility index (Phi) is 3.02. The number of hydrogen-bond donors (Lipinski definition) is 0. The van der Waals surface area contributed by atoms with Crippen LogP contribution in [0.4, 0.5) is 0 Å². The molecule has 3 heteroatoms. The summed E-state index contributed by atoms with van der Waals surface area (Å²) in [6, 6.07) is 0. The first kappa shape index (κ1) is 8.97. The van der Waals surface area contributed by atoms with Crippen molar-refractivity contribution in [2.75, 3.05) is 0 Å². The highest BCUT2D eigenvalue weighted by molar-refractivity contribution is 5.25. The zero-order valence-electron chi connectivity index (χ0n) is 7.25. The van der Waals surface area contributed by atoms with Crippen LogP contribution in [-0.2, 0) is 0 Å². The Morgan fingerprint density at radius 1 is 1.67 bits per heavy atom. The Bertz CT molecular complexity index is 241. The van der Waals surface area contributed by atoms with Gasteiger partial charge in [0.25, 0.3) is 0 Å². The summed E-state index contributed by atoms with van der Waals surface area (Å²) in [4.78, 5) is 10.3. The number of rotatable bonds is 3. The quantitative estimate of drug-likeness (QED) is 0.479. The fourth-order valence-corrected chi connectivity index (χ4v) is 1.41. The molecular formula is C9H13NO2. The van der Waals surface area contributed by atoms with Crippen molar-refractivity contribution >= 4 is 0 Å². The summed E-state index contributed by atoms with van der Waals surface area (Å²) >= 11 is 0. The molecule has 0 saturated heterocycles. The van der Waals surface area contributed by atoms with Crippen LogP contribution in [0.2, 0.25) is 0 Å². The molecule has 0 aromatic carbocycles. The van der Waals surface area contributed by atoms with Crippen molar-refractivity contribution in [3.05, 3.63) is 33.5 Å². The predicted molar refractivity (Wildman–Crippen MR) is 47.3 cm³/mol. The number of allylic oxidation sites excluding steroid dienone is 4. The molecule has 0 spiro atoms. The van der Waals surface area contributed by atoms with Crippen molar-refractivity contribution in [1.82, 2.24) is 0 Å². The first-order chi connectivity index (χ1) is 5.75. The summed E-state index contributed by atoms with van der Waals surface area (Å²) in [6.07, 6.45) is 7.11. The molecule has 3 nitrogen and oxygen atoms in total. The van der Waals surface area contributed by atoms with Crippen LogP contribution < -0.4 is 0 Å². The molecular weight excluding hydrogens is 154 g/mol. The summed E-state index contributed by atoms with van der Waals surface area (Å²) in [6.45, 7) is 2.03. The van der Waals surface area contributed by atoms with E-state index in [-0.39, 0.29) is 4.92 Å². The standard InChI is InChI=1S/C9H13NO2/c1-2-5-8-6-3-4-7-9(8)10(11)12/h3,6H,2,4-5,7H2,1H3. The van der Waals surface area contributed by atoms with Crippen LogP contribution in [0, 0.1) is 10.1 Å².